The van der Waals surface area contributed by atoms with Crippen molar-refractivity contribution in [2.24, 2.45) is 0 Å². The van der Waals surface area contributed by atoms with Gasteiger partial charge >= 0.3 is 0 Å². The van der Waals surface area contributed by atoms with Crippen LogP contribution in [0, 0.1) is 0 Å². The lowest BCUT2D eigenvalue weighted by Crippen LogP contribution is -1.80. The van der Waals surface area contributed by atoms with Crippen LogP contribution in [0.5, 0.6) is 0 Å². The van der Waals surface area contributed by atoms with Gasteiger partial charge in [-0.25, -0.2) is 0 Å². The zero-order valence-electron chi connectivity index (χ0n) is 7.67. The van der Waals surface area contributed by atoms with Gasteiger partial charge in [-0.2, -0.15) is 5.10 Å². The molecule has 0 saturated carbocycles. The zero-order chi connectivity index (χ0) is 10.8. The van der Waals surface area contributed by atoms with E-state index in [1.807, 2.05) is 18.2 Å². The topological polar surface area (TPSA) is 48.9 Å². The molecule has 0 amide bonds. The van der Waals surface area contributed by atoms with Crippen molar-refractivity contribution in [2.75, 3.05) is 0 Å². The smallest absolute Gasteiger partial charge is 0.0939 e. The normalized spacial score (nSPS) is 10.6. The Bertz CT molecular complexity index is 484. The molecule has 78 valence electrons. The van der Waals surface area contributed by atoms with Gasteiger partial charge in [0, 0.05) is 10.0 Å². The Kier molecular flexibility index (Phi) is 3.09. The first-order valence-corrected chi connectivity index (χ1v) is 5.48. The fourth-order valence-electron chi connectivity index (χ4n) is 1.28. The number of benzene rings is 1. The van der Waals surface area contributed by atoms with Crippen LogP contribution in [0.4, 0.5) is 0 Å². The number of nitrogens with one attached hydrogen (secondary N) is 1. The highest BCUT2D eigenvalue weighted by atomic mass is 79.9. The van der Waals surface area contributed by atoms with E-state index >= 15 is 0 Å². The number of aliphatic hydroxyl groups excluding tert-OH is 1. The number of nitrogens with zero attached hydrogens (tertiary/aromatic N) is 1. The molecule has 0 unspecified atom stereocenters. The number of aromatic amines is 1. The summed E-state index contributed by atoms with van der Waals surface area (Å²) in [5.74, 6) is 0. The Morgan fingerprint density at radius 1 is 1.40 bits per heavy atom. The van der Waals surface area contributed by atoms with Crippen LogP contribution in [0.25, 0.3) is 11.3 Å². The lowest BCUT2D eigenvalue weighted by atomic mass is 10.1. The predicted octanol–water partition coefficient (Wildman–Crippen LogP) is 2.98. The van der Waals surface area contributed by atoms with Crippen molar-refractivity contribution >= 4 is 27.5 Å². The van der Waals surface area contributed by atoms with Crippen molar-refractivity contribution in [3.8, 4) is 11.3 Å². The van der Waals surface area contributed by atoms with Crippen molar-refractivity contribution in [2.45, 2.75) is 6.61 Å². The van der Waals surface area contributed by atoms with Crippen LogP contribution < -0.4 is 0 Å². The number of halogens is 2. The minimum absolute atomic E-state index is 0.0544. The van der Waals surface area contributed by atoms with Gasteiger partial charge in [0.05, 0.1) is 23.0 Å². The van der Waals surface area contributed by atoms with E-state index in [0.717, 1.165) is 15.7 Å². The second-order valence-corrected chi connectivity index (χ2v) is 4.38. The maximum Gasteiger partial charge on any atom is 0.0939 e. The number of aliphatic hydroxyl groups is 1. The summed E-state index contributed by atoms with van der Waals surface area (Å²) in [7, 11) is 0. The second-order valence-electron chi connectivity index (χ2n) is 3.06. The first-order valence-electron chi connectivity index (χ1n) is 4.31. The minimum atomic E-state index is -0.0544. The molecule has 0 radical (unpaired) electrons. The van der Waals surface area contributed by atoms with Crippen molar-refractivity contribution < 1.29 is 5.11 Å². The highest BCUT2D eigenvalue weighted by Gasteiger charge is 2.07. The fraction of sp³-hybridized carbons (Fsp3) is 0.100. The molecular weight excluding hydrogens is 279 g/mol. The predicted molar refractivity (Wildman–Crippen MR) is 62.7 cm³/mol. The molecule has 0 aliphatic heterocycles. The monoisotopic (exact) mass is 286 g/mol. The highest BCUT2D eigenvalue weighted by molar-refractivity contribution is 9.10. The number of H-pyrrole nitrogens is 1. The van der Waals surface area contributed by atoms with E-state index in [4.69, 9.17) is 16.7 Å². The molecule has 0 saturated heterocycles. The Hall–Kier alpha value is -0.840. The molecule has 2 rings (SSSR count). The molecule has 2 aromatic rings. The van der Waals surface area contributed by atoms with Crippen LogP contribution in [0.2, 0.25) is 5.02 Å². The van der Waals surface area contributed by atoms with Gasteiger partial charge in [-0.3, -0.25) is 5.10 Å². The van der Waals surface area contributed by atoms with Gasteiger partial charge in [-0.15, -0.1) is 0 Å². The molecule has 0 aliphatic carbocycles. The number of rotatable bonds is 2. The van der Waals surface area contributed by atoms with Gasteiger partial charge in [-0.1, -0.05) is 33.6 Å². The Morgan fingerprint density at radius 3 is 2.80 bits per heavy atom. The molecule has 0 spiro atoms. The van der Waals surface area contributed by atoms with Gasteiger partial charge in [-0.05, 0) is 18.2 Å². The molecule has 0 aliphatic rings. The number of hydrogen-bond donors (Lipinski definition) is 2. The third-order valence-electron chi connectivity index (χ3n) is 2.01. The molecule has 2 N–H and O–H groups in total. The molecule has 5 heteroatoms. The van der Waals surface area contributed by atoms with Crippen molar-refractivity contribution in [3.05, 3.63) is 39.5 Å². The SMILES string of the molecule is OCc1cc(-c2ccc(Br)cc2Cl)n[nH]1. The number of hydrogen-bond acceptors (Lipinski definition) is 2. The Labute approximate surface area is 100 Å². The van der Waals surface area contributed by atoms with Crippen molar-refractivity contribution in [3.63, 3.8) is 0 Å². The van der Waals surface area contributed by atoms with Crippen LogP contribution in [-0.2, 0) is 6.61 Å². The lowest BCUT2D eigenvalue weighted by molar-refractivity contribution is 0.276. The van der Waals surface area contributed by atoms with Gasteiger partial charge in [0.1, 0.15) is 0 Å². The Balaban J connectivity index is 2.44. The van der Waals surface area contributed by atoms with Gasteiger partial charge < -0.3 is 5.11 Å². The maximum absolute atomic E-state index is 8.90. The highest BCUT2D eigenvalue weighted by Crippen LogP contribution is 2.29. The summed E-state index contributed by atoms with van der Waals surface area (Å²) in [6.45, 7) is -0.0544. The molecule has 15 heavy (non-hydrogen) atoms. The molecule has 0 fully saturated rings. The summed E-state index contributed by atoms with van der Waals surface area (Å²) in [5.41, 5.74) is 2.25. The Morgan fingerprint density at radius 2 is 2.20 bits per heavy atom. The summed E-state index contributed by atoms with van der Waals surface area (Å²) >= 11 is 9.41. The third kappa shape index (κ3) is 2.22. The average molecular weight is 288 g/mol. The average Bonchev–Trinajstić information content (AvgIpc) is 2.66. The van der Waals surface area contributed by atoms with Crippen LogP contribution in [0.15, 0.2) is 28.7 Å². The van der Waals surface area contributed by atoms with Gasteiger partial charge in [0.2, 0.25) is 0 Å². The van der Waals surface area contributed by atoms with E-state index in [9.17, 15) is 0 Å². The quantitative estimate of drug-likeness (QED) is 0.892. The molecule has 0 bridgehead atoms. The van der Waals surface area contributed by atoms with E-state index in [0.29, 0.717) is 10.7 Å². The summed E-state index contributed by atoms with van der Waals surface area (Å²) in [6, 6.07) is 7.36. The van der Waals surface area contributed by atoms with Gasteiger partial charge in [0.25, 0.3) is 0 Å². The summed E-state index contributed by atoms with van der Waals surface area (Å²) in [4.78, 5) is 0. The third-order valence-corrected chi connectivity index (χ3v) is 2.81. The largest absolute Gasteiger partial charge is 0.390 e. The van der Waals surface area contributed by atoms with E-state index in [-0.39, 0.29) is 6.61 Å². The van der Waals surface area contributed by atoms with Gasteiger partial charge in [0.15, 0.2) is 0 Å². The van der Waals surface area contributed by atoms with E-state index in [2.05, 4.69) is 26.1 Å². The molecular formula is C10H8BrClN2O. The zero-order valence-corrected chi connectivity index (χ0v) is 10.0. The molecule has 1 aromatic heterocycles. The lowest BCUT2D eigenvalue weighted by Gasteiger charge is -2.00. The molecule has 1 heterocycles. The van der Waals surface area contributed by atoms with Crippen molar-refractivity contribution in [1.29, 1.82) is 0 Å². The van der Waals surface area contributed by atoms with Crippen LogP contribution in [0.1, 0.15) is 5.69 Å². The standard InChI is InChI=1S/C10H8BrClN2O/c11-6-1-2-8(9(12)3-6)10-4-7(5-15)13-14-10/h1-4,15H,5H2,(H,13,14). The van der Waals surface area contributed by atoms with Crippen LogP contribution in [-0.4, -0.2) is 15.3 Å². The van der Waals surface area contributed by atoms with E-state index in [1.165, 1.54) is 0 Å². The summed E-state index contributed by atoms with van der Waals surface area (Å²) in [6.07, 6.45) is 0. The molecule has 0 atom stereocenters. The second kappa shape index (κ2) is 4.35. The van der Waals surface area contributed by atoms with E-state index < -0.39 is 0 Å². The minimum Gasteiger partial charge on any atom is -0.390 e. The fourth-order valence-corrected chi connectivity index (χ4v) is 2.05. The first-order chi connectivity index (χ1) is 7.20. The number of aromatic nitrogens is 2. The van der Waals surface area contributed by atoms with E-state index in [1.54, 1.807) is 6.07 Å². The van der Waals surface area contributed by atoms with Crippen LogP contribution in [0.3, 0.4) is 0 Å². The van der Waals surface area contributed by atoms with Crippen LogP contribution >= 0.6 is 27.5 Å². The van der Waals surface area contributed by atoms with Crippen molar-refractivity contribution in [1.82, 2.24) is 10.2 Å². The maximum atomic E-state index is 8.90. The molecule has 3 nitrogen and oxygen atoms in total. The summed E-state index contributed by atoms with van der Waals surface area (Å²) in [5, 5.41) is 16.3. The molecule has 1 aromatic carbocycles. The first kappa shape index (κ1) is 10.7. The summed E-state index contributed by atoms with van der Waals surface area (Å²) < 4.78 is 0.925.